The summed E-state index contributed by atoms with van der Waals surface area (Å²) in [6.45, 7) is 4.40. The molecule has 0 unspecified atom stereocenters. The van der Waals surface area contributed by atoms with Gasteiger partial charge in [0.1, 0.15) is 0 Å². The fourth-order valence-electron chi connectivity index (χ4n) is 2.09. The highest BCUT2D eigenvalue weighted by molar-refractivity contribution is 7.71. The molecule has 0 aliphatic carbocycles. The second-order valence-corrected chi connectivity index (χ2v) is 5.43. The summed E-state index contributed by atoms with van der Waals surface area (Å²) >= 11 is 5.10. The highest BCUT2D eigenvalue weighted by atomic mass is 32.1. The molecule has 0 atom stereocenters. The molecule has 0 aliphatic rings. The fraction of sp³-hybridized carbons (Fsp3) is 0.250. The molecule has 1 heterocycles. The molecule has 0 saturated carbocycles. The summed E-state index contributed by atoms with van der Waals surface area (Å²) in [5.74, 6) is 0.337. The van der Waals surface area contributed by atoms with Crippen LogP contribution in [0.2, 0.25) is 0 Å². The Kier molecular flexibility index (Phi) is 6.02. The number of hydrogen-bond donors (Lipinski definition) is 3. The number of amides is 2. The summed E-state index contributed by atoms with van der Waals surface area (Å²) in [5.41, 5.74) is 1.57. The minimum atomic E-state index is -0.225. The predicted molar refractivity (Wildman–Crippen MR) is 94.7 cm³/mol. The first-order chi connectivity index (χ1) is 11.5. The average molecular weight is 345 g/mol. The van der Waals surface area contributed by atoms with Crippen LogP contribution in [0.5, 0.6) is 0 Å². The molecule has 1 aromatic heterocycles. The maximum atomic E-state index is 11.9. The summed E-state index contributed by atoms with van der Waals surface area (Å²) in [4.78, 5) is 22.8. The minimum absolute atomic E-state index is 0.123. The largest absolute Gasteiger partial charge is 0.345 e. The normalized spacial score (nSPS) is 10.8. The van der Waals surface area contributed by atoms with Crippen LogP contribution in [0.4, 0.5) is 5.69 Å². The number of nitrogens with zero attached hydrogens (tertiary/aromatic N) is 2. The Bertz CT molecular complexity index is 805. The van der Waals surface area contributed by atoms with E-state index in [1.54, 1.807) is 18.2 Å². The van der Waals surface area contributed by atoms with Gasteiger partial charge >= 0.3 is 0 Å². The van der Waals surface area contributed by atoms with Crippen molar-refractivity contribution in [2.75, 3.05) is 5.32 Å². The molecule has 8 heteroatoms. The molecule has 7 nitrogen and oxygen atoms in total. The second kappa shape index (κ2) is 8.21. The Labute approximate surface area is 144 Å². The summed E-state index contributed by atoms with van der Waals surface area (Å²) in [7, 11) is 0. The lowest BCUT2D eigenvalue weighted by molar-refractivity contribution is -0.116. The molecule has 3 N–H and O–H groups in total. The standard InChI is InChI=1S/C16H19N5O2S/c1-3-21-14(19-20-16(21)24)10-17-15(23)9-6-12-4-7-13(8-5-12)18-11(2)22/h4-9H,3,10H2,1-2H3,(H,17,23)(H,18,22)(H,20,24)/b9-6+. The Balaban J connectivity index is 1.90. The van der Waals surface area contributed by atoms with Gasteiger partial charge in [-0.3, -0.25) is 14.7 Å². The van der Waals surface area contributed by atoms with Crippen molar-refractivity contribution in [3.63, 3.8) is 0 Å². The summed E-state index contributed by atoms with van der Waals surface area (Å²) < 4.78 is 2.36. The molecule has 1 aromatic carbocycles. The Morgan fingerprint density at radius 3 is 2.67 bits per heavy atom. The van der Waals surface area contributed by atoms with Crippen LogP contribution in [0.1, 0.15) is 25.2 Å². The number of aromatic nitrogens is 3. The molecule has 0 bridgehead atoms. The third kappa shape index (κ3) is 4.88. The van der Waals surface area contributed by atoms with Crippen molar-refractivity contribution in [1.82, 2.24) is 20.1 Å². The molecule has 24 heavy (non-hydrogen) atoms. The predicted octanol–water partition coefficient (Wildman–Crippen LogP) is 2.25. The smallest absolute Gasteiger partial charge is 0.244 e. The zero-order valence-corrected chi connectivity index (χ0v) is 14.3. The zero-order chi connectivity index (χ0) is 17.5. The van der Waals surface area contributed by atoms with E-state index in [2.05, 4.69) is 20.8 Å². The van der Waals surface area contributed by atoms with Crippen molar-refractivity contribution < 1.29 is 9.59 Å². The van der Waals surface area contributed by atoms with Gasteiger partial charge in [0.05, 0.1) is 6.54 Å². The van der Waals surface area contributed by atoms with Gasteiger partial charge in [-0.25, -0.2) is 0 Å². The van der Waals surface area contributed by atoms with Crippen molar-refractivity contribution in [3.05, 3.63) is 46.5 Å². The summed E-state index contributed by atoms with van der Waals surface area (Å²) in [5, 5.41) is 12.2. The zero-order valence-electron chi connectivity index (χ0n) is 13.5. The Morgan fingerprint density at radius 2 is 2.04 bits per heavy atom. The number of benzene rings is 1. The van der Waals surface area contributed by atoms with E-state index >= 15 is 0 Å². The van der Waals surface area contributed by atoms with Crippen LogP contribution in [0.15, 0.2) is 30.3 Å². The lowest BCUT2D eigenvalue weighted by atomic mass is 10.2. The van der Waals surface area contributed by atoms with E-state index in [1.165, 1.54) is 13.0 Å². The minimum Gasteiger partial charge on any atom is -0.345 e. The van der Waals surface area contributed by atoms with Gasteiger partial charge in [-0.1, -0.05) is 12.1 Å². The number of nitrogens with one attached hydrogen (secondary N) is 3. The van der Waals surface area contributed by atoms with Crippen LogP contribution in [-0.2, 0) is 22.7 Å². The molecule has 0 saturated heterocycles. The molecule has 2 rings (SSSR count). The van der Waals surface area contributed by atoms with E-state index in [4.69, 9.17) is 12.2 Å². The molecule has 2 amide bonds. The number of carbonyl (C=O) groups excluding carboxylic acids is 2. The van der Waals surface area contributed by atoms with Crippen molar-refractivity contribution in [3.8, 4) is 0 Å². The van der Waals surface area contributed by atoms with E-state index in [0.29, 0.717) is 29.4 Å². The fourth-order valence-corrected chi connectivity index (χ4v) is 2.37. The van der Waals surface area contributed by atoms with Gasteiger partial charge < -0.3 is 15.2 Å². The van der Waals surface area contributed by atoms with Gasteiger partial charge in [0.15, 0.2) is 10.6 Å². The number of hydrogen-bond acceptors (Lipinski definition) is 4. The quantitative estimate of drug-likeness (QED) is 0.553. The first-order valence-electron chi connectivity index (χ1n) is 7.47. The monoisotopic (exact) mass is 345 g/mol. The number of rotatable bonds is 6. The molecule has 2 aromatic rings. The van der Waals surface area contributed by atoms with Gasteiger partial charge in [0.2, 0.25) is 11.8 Å². The van der Waals surface area contributed by atoms with Crippen LogP contribution in [0.3, 0.4) is 0 Å². The maximum Gasteiger partial charge on any atom is 0.244 e. The Morgan fingerprint density at radius 1 is 1.33 bits per heavy atom. The van der Waals surface area contributed by atoms with Crippen molar-refractivity contribution in [1.29, 1.82) is 0 Å². The molecule has 0 spiro atoms. The van der Waals surface area contributed by atoms with E-state index < -0.39 is 0 Å². The molecule has 126 valence electrons. The second-order valence-electron chi connectivity index (χ2n) is 5.04. The number of anilines is 1. The lowest BCUT2D eigenvalue weighted by Crippen LogP contribution is -2.22. The Hall–Kier alpha value is -2.74. The van der Waals surface area contributed by atoms with Crippen LogP contribution in [0, 0.1) is 4.77 Å². The van der Waals surface area contributed by atoms with Gasteiger partial charge in [-0.05, 0) is 42.9 Å². The average Bonchev–Trinajstić information content (AvgIpc) is 2.91. The van der Waals surface area contributed by atoms with E-state index in [0.717, 1.165) is 5.56 Å². The highest BCUT2D eigenvalue weighted by Gasteiger charge is 2.05. The van der Waals surface area contributed by atoms with Crippen LogP contribution in [-0.4, -0.2) is 26.6 Å². The maximum absolute atomic E-state index is 11.9. The van der Waals surface area contributed by atoms with Crippen molar-refractivity contribution in [2.24, 2.45) is 0 Å². The van der Waals surface area contributed by atoms with Crippen molar-refractivity contribution >= 4 is 35.8 Å². The highest BCUT2D eigenvalue weighted by Crippen LogP contribution is 2.10. The summed E-state index contributed by atoms with van der Waals surface area (Å²) in [6, 6.07) is 7.19. The topological polar surface area (TPSA) is 91.8 Å². The molecular formula is C16H19N5O2S. The van der Waals surface area contributed by atoms with E-state index in [9.17, 15) is 9.59 Å². The number of carbonyl (C=O) groups is 2. The first-order valence-corrected chi connectivity index (χ1v) is 7.88. The third-order valence-corrected chi connectivity index (χ3v) is 3.54. The van der Waals surface area contributed by atoms with Gasteiger partial charge in [-0.2, -0.15) is 5.10 Å². The van der Waals surface area contributed by atoms with Crippen LogP contribution < -0.4 is 10.6 Å². The SMILES string of the molecule is CCn1c(CNC(=O)/C=C/c2ccc(NC(C)=O)cc2)n[nH]c1=S. The first kappa shape index (κ1) is 17.6. The van der Waals surface area contributed by atoms with Gasteiger partial charge in [-0.15, -0.1) is 0 Å². The van der Waals surface area contributed by atoms with Crippen molar-refractivity contribution in [2.45, 2.75) is 26.9 Å². The van der Waals surface area contributed by atoms with Crippen LogP contribution in [0.25, 0.3) is 6.08 Å². The van der Waals surface area contributed by atoms with E-state index in [-0.39, 0.29) is 11.8 Å². The lowest BCUT2D eigenvalue weighted by Gasteiger charge is -2.04. The molecule has 0 radical (unpaired) electrons. The third-order valence-electron chi connectivity index (χ3n) is 3.23. The summed E-state index contributed by atoms with van der Waals surface area (Å²) in [6.07, 6.45) is 3.15. The van der Waals surface area contributed by atoms with Gasteiger partial charge in [0.25, 0.3) is 0 Å². The van der Waals surface area contributed by atoms with E-state index in [1.807, 2.05) is 23.6 Å². The number of H-pyrrole nitrogens is 1. The van der Waals surface area contributed by atoms with Crippen LogP contribution >= 0.6 is 12.2 Å². The molecular weight excluding hydrogens is 326 g/mol. The van der Waals surface area contributed by atoms with Gasteiger partial charge in [0, 0.05) is 25.2 Å². The molecule has 0 fully saturated rings. The number of aromatic amines is 1. The molecule has 0 aliphatic heterocycles.